The van der Waals surface area contributed by atoms with E-state index in [-0.39, 0.29) is 11.9 Å². The van der Waals surface area contributed by atoms with E-state index in [9.17, 15) is 9.59 Å². The summed E-state index contributed by atoms with van der Waals surface area (Å²) < 4.78 is 0. The van der Waals surface area contributed by atoms with Crippen LogP contribution in [0.1, 0.15) is 6.42 Å². The highest BCUT2D eigenvalue weighted by Gasteiger charge is 2.23. The Morgan fingerprint density at radius 2 is 1.87 bits per heavy atom. The molecule has 1 aliphatic rings. The van der Waals surface area contributed by atoms with Crippen LogP contribution in [0.15, 0.2) is 24.3 Å². The monoisotopic (exact) mass is 222 g/mol. The molecule has 15 heavy (non-hydrogen) atoms. The summed E-state index contributed by atoms with van der Waals surface area (Å²) in [5.74, 6) is -0.209. The number of benzene rings is 1. The van der Waals surface area contributed by atoms with Gasteiger partial charge in [-0.05, 0) is 17.4 Å². The second-order valence-electron chi connectivity index (χ2n) is 3.35. The number of carbonyl (C=O) groups excluding carboxylic acids is 2. The van der Waals surface area contributed by atoms with Crippen LogP contribution in [0.4, 0.5) is 10.5 Å². The molecule has 1 fully saturated rings. The maximum atomic E-state index is 11.5. The van der Waals surface area contributed by atoms with Gasteiger partial charge in [0.1, 0.15) is 0 Å². The van der Waals surface area contributed by atoms with Gasteiger partial charge in [0, 0.05) is 18.7 Å². The van der Waals surface area contributed by atoms with Gasteiger partial charge in [-0.3, -0.25) is 15.0 Å². The molecule has 1 atom stereocenters. The van der Waals surface area contributed by atoms with E-state index in [2.05, 4.69) is 14.6 Å². The van der Waals surface area contributed by atoms with E-state index < -0.39 is 0 Å². The van der Waals surface area contributed by atoms with Crippen molar-refractivity contribution in [1.29, 1.82) is 0 Å². The molecule has 0 spiro atoms. The van der Waals surface area contributed by atoms with E-state index in [1.807, 2.05) is 24.3 Å². The fourth-order valence-corrected chi connectivity index (χ4v) is 1.66. The summed E-state index contributed by atoms with van der Waals surface area (Å²) in [5.41, 5.74) is 0.811. The van der Waals surface area contributed by atoms with Crippen molar-refractivity contribution in [3.8, 4) is 0 Å². The maximum absolute atomic E-state index is 11.5. The molecule has 0 bridgehead atoms. The summed E-state index contributed by atoms with van der Waals surface area (Å²) in [6.07, 6.45) is 0.356. The predicted molar refractivity (Wildman–Crippen MR) is 61.3 cm³/mol. The van der Waals surface area contributed by atoms with Crippen LogP contribution >= 0.6 is 9.24 Å². The van der Waals surface area contributed by atoms with Crippen LogP contribution in [-0.4, -0.2) is 18.5 Å². The highest BCUT2D eigenvalue weighted by atomic mass is 31.0. The highest BCUT2D eigenvalue weighted by molar-refractivity contribution is 7.27. The van der Waals surface area contributed by atoms with E-state index in [0.29, 0.717) is 13.0 Å². The standard InChI is InChI=1S/C10H11N2O2P/c13-9-5-6-12(10(14)11-9)7-1-3-8(15)4-2-7/h1-4H,5-6,15H2,(H,11,13,14). The molecule has 3 amide bonds. The zero-order valence-corrected chi connectivity index (χ0v) is 9.22. The lowest BCUT2D eigenvalue weighted by atomic mass is 10.2. The van der Waals surface area contributed by atoms with E-state index in [0.717, 1.165) is 11.0 Å². The summed E-state index contributed by atoms with van der Waals surface area (Å²) >= 11 is 0. The third kappa shape index (κ3) is 2.16. The van der Waals surface area contributed by atoms with Gasteiger partial charge < -0.3 is 0 Å². The van der Waals surface area contributed by atoms with Crippen molar-refractivity contribution >= 4 is 32.2 Å². The number of nitrogens with zero attached hydrogens (tertiary/aromatic N) is 1. The van der Waals surface area contributed by atoms with Gasteiger partial charge in [-0.2, -0.15) is 0 Å². The van der Waals surface area contributed by atoms with Crippen LogP contribution in [-0.2, 0) is 4.79 Å². The lowest BCUT2D eigenvalue weighted by Gasteiger charge is -2.26. The summed E-state index contributed by atoms with van der Waals surface area (Å²) in [7, 11) is 2.58. The van der Waals surface area contributed by atoms with Crippen LogP contribution < -0.4 is 15.5 Å². The molecule has 1 aromatic carbocycles. The first-order valence-electron chi connectivity index (χ1n) is 4.64. The van der Waals surface area contributed by atoms with E-state index >= 15 is 0 Å². The molecular formula is C10H11N2O2P. The number of imide groups is 1. The van der Waals surface area contributed by atoms with Crippen LogP contribution in [0.5, 0.6) is 0 Å². The highest BCUT2D eigenvalue weighted by Crippen LogP contribution is 2.15. The number of nitrogens with one attached hydrogen (secondary N) is 1. The van der Waals surface area contributed by atoms with Crippen molar-refractivity contribution in [2.45, 2.75) is 6.42 Å². The quantitative estimate of drug-likeness (QED) is 0.708. The van der Waals surface area contributed by atoms with Crippen molar-refractivity contribution in [2.24, 2.45) is 0 Å². The molecule has 0 radical (unpaired) electrons. The number of anilines is 1. The molecule has 1 heterocycles. The summed E-state index contributed by atoms with van der Waals surface area (Å²) in [5, 5.41) is 3.35. The van der Waals surface area contributed by atoms with Crippen LogP contribution in [0.3, 0.4) is 0 Å². The molecule has 1 aromatic rings. The average molecular weight is 222 g/mol. The molecule has 5 heteroatoms. The first kappa shape index (κ1) is 10.1. The van der Waals surface area contributed by atoms with E-state index in [4.69, 9.17) is 0 Å². The molecular weight excluding hydrogens is 211 g/mol. The van der Waals surface area contributed by atoms with E-state index in [1.54, 1.807) is 4.90 Å². The lowest BCUT2D eigenvalue weighted by molar-refractivity contribution is -0.120. The molecule has 1 aliphatic heterocycles. The second kappa shape index (κ2) is 3.99. The predicted octanol–water partition coefficient (Wildman–Crippen LogP) is 0.633. The molecule has 0 saturated carbocycles. The SMILES string of the molecule is O=C1CCN(c2ccc(P)cc2)C(=O)N1. The van der Waals surface area contributed by atoms with Crippen LogP contribution in [0.2, 0.25) is 0 Å². The second-order valence-corrected chi connectivity index (χ2v) is 4.01. The van der Waals surface area contributed by atoms with Crippen molar-refractivity contribution < 1.29 is 9.59 Å². The van der Waals surface area contributed by atoms with Gasteiger partial charge in [0.25, 0.3) is 0 Å². The minimum atomic E-state index is -0.345. The molecule has 1 unspecified atom stereocenters. The van der Waals surface area contributed by atoms with Crippen molar-refractivity contribution in [1.82, 2.24) is 5.32 Å². The molecule has 4 nitrogen and oxygen atoms in total. The number of urea groups is 1. The number of carbonyl (C=O) groups is 2. The zero-order chi connectivity index (χ0) is 10.8. The summed E-state index contributed by atoms with van der Waals surface area (Å²) in [4.78, 5) is 24.0. The summed E-state index contributed by atoms with van der Waals surface area (Å²) in [6, 6.07) is 7.19. The van der Waals surface area contributed by atoms with Crippen molar-refractivity contribution in [3.05, 3.63) is 24.3 Å². The fraction of sp³-hybridized carbons (Fsp3) is 0.200. The van der Waals surface area contributed by atoms with E-state index in [1.165, 1.54) is 0 Å². The van der Waals surface area contributed by atoms with Gasteiger partial charge >= 0.3 is 6.03 Å². The molecule has 0 aliphatic carbocycles. The first-order valence-corrected chi connectivity index (χ1v) is 5.21. The Kier molecular flexibility index (Phi) is 2.69. The number of amides is 3. The van der Waals surface area contributed by atoms with Crippen LogP contribution in [0.25, 0.3) is 0 Å². The van der Waals surface area contributed by atoms with Gasteiger partial charge in [0.05, 0.1) is 0 Å². The third-order valence-corrected chi connectivity index (χ3v) is 2.64. The Morgan fingerprint density at radius 3 is 2.47 bits per heavy atom. The van der Waals surface area contributed by atoms with Crippen molar-refractivity contribution in [3.63, 3.8) is 0 Å². The van der Waals surface area contributed by atoms with Gasteiger partial charge in [0.15, 0.2) is 0 Å². The maximum Gasteiger partial charge on any atom is 0.328 e. The normalized spacial score (nSPS) is 16.5. The molecule has 78 valence electrons. The molecule has 1 N–H and O–H groups in total. The average Bonchev–Trinajstić information content (AvgIpc) is 2.20. The molecule has 0 aromatic heterocycles. The van der Waals surface area contributed by atoms with Gasteiger partial charge in [-0.1, -0.05) is 12.1 Å². The largest absolute Gasteiger partial charge is 0.328 e. The third-order valence-electron chi connectivity index (χ3n) is 2.26. The first-order chi connectivity index (χ1) is 7.16. The van der Waals surface area contributed by atoms with Gasteiger partial charge in [-0.15, -0.1) is 9.24 Å². The topological polar surface area (TPSA) is 49.4 Å². The zero-order valence-electron chi connectivity index (χ0n) is 8.06. The minimum absolute atomic E-state index is 0.209. The Hall–Kier alpha value is -1.41. The number of hydrogen-bond acceptors (Lipinski definition) is 2. The van der Waals surface area contributed by atoms with Gasteiger partial charge in [-0.25, -0.2) is 4.79 Å². The smallest absolute Gasteiger partial charge is 0.294 e. The summed E-state index contributed by atoms with van der Waals surface area (Å²) in [6.45, 7) is 0.445. The molecule has 1 saturated heterocycles. The lowest BCUT2D eigenvalue weighted by Crippen LogP contribution is -2.49. The van der Waals surface area contributed by atoms with Crippen molar-refractivity contribution in [2.75, 3.05) is 11.4 Å². The Balaban J connectivity index is 2.20. The Morgan fingerprint density at radius 1 is 1.20 bits per heavy atom. The number of hydrogen-bond donors (Lipinski definition) is 1. The molecule has 2 rings (SSSR count). The fourth-order valence-electron chi connectivity index (χ4n) is 1.46. The van der Waals surface area contributed by atoms with Gasteiger partial charge in [0.2, 0.25) is 5.91 Å². The van der Waals surface area contributed by atoms with Crippen LogP contribution in [0, 0.1) is 0 Å². The minimum Gasteiger partial charge on any atom is -0.294 e. The Labute approximate surface area is 89.8 Å². The number of rotatable bonds is 1. The Bertz CT molecular complexity index is 402.